The molecule has 0 atom stereocenters. The zero-order valence-corrected chi connectivity index (χ0v) is 44.7. The molecule has 0 fully saturated rings. The molecule has 0 aliphatic carbocycles. The van der Waals surface area contributed by atoms with Gasteiger partial charge in [-0.1, -0.05) is 200 Å². The molecule has 354 valence electrons. The fraction of sp³-hybridized carbons (Fsp3) is 0.333. The van der Waals surface area contributed by atoms with Crippen LogP contribution in [0.25, 0.3) is 72.7 Å². The molecule has 0 bridgehead atoms. The smallest absolute Gasteiger partial charge is 0.148 e. The summed E-state index contributed by atoms with van der Waals surface area (Å²) in [5.74, 6) is 0.498. The summed E-state index contributed by atoms with van der Waals surface area (Å²) in [6, 6.07) is 33.7. The quantitative estimate of drug-likeness (QED) is 0.162. The van der Waals surface area contributed by atoms with Crippen molar-refractivity contribution < 1.29 is 35.8 Å². The monoisotopic (exact) mass is 1090 g/mol. The van der Waals surface area contributed by atoms with Crippen LogP contribution in [-0.2, 0) is 49.1 Å². The number of nitrogens with zero attached hydrogens (tertiary/aromatic N) is 3. The normalized spacial score (nSPS) is 14.3. The number of rotatable bonds is 7. The van der Waals surface area contributed by atoms with E-state index in [-0.39, 0.29) is 60.7 Å². The molecule has 2 heterocycles. The molecule has 4 nitrogen and oxygen atoms in total. The largest absolute Gasteiger partial charge is 0.507 e. The summed E-state index contributed by atoms with van der Waals surface area (Å²) in [6.45, 7) is 31.1. The van der Waals surface area contributed by atoms with E-state index in [1.807, 2.05) is 104 Å². The summed E-state index contributed by atoms with van der Waals surface area (Å²) < 4.78 is 64.3. The topological polar surface area (TPSA) is 50.9 Å². The van der Waals surface area contributed by atoms with E-state index >= 15 is 0 Å². The molecule has 0 saturated heterocycles. The number of imidazole rings is 1. The maximum absolute atomic E-state index is 12.6. The predicted molar refractivity (Wildman–Crippen MR) is 285 cm³/mol. The van der Waals surface area contributed by atoms with E-state index < -0.39 is 35.3 Å². The van der Waals surface area contributed by atoms with Crippen molar-refractivity contribution in [3.05, 3.63) is 167 Å². The Morgan fingerprint density at radius 1 is 0.588 bits per heavy atom. The number of phenolic OH excluding ortho intramolecular Hbond substituents is 1. The minimum absolute atomic E-state index is 0. The standard InChI is InChI=1S/C63H70N3O.Pt/c1-59(2,3)39-40-24-26-41(27-25-40)43-30-31-64-53(35-43)45-32-44(33-47(34-45)61(7,8)9)49-22-19-23-55-56(49)65-58(51-37-48(62(10,11)12)38-52(57(51)67)63(13,14)15)66(55)54-29-28-46(60(4,5)6)36-50(54)42-20-17-16-18-21-42;/h16-31,33-38,67H,39H2,1-15H3;/q-1;/i16D,17D,18D,20D,21D,39D2;. The van der Waals surface area contributed by atoms with Crippen LogP contribution in [-0.4, -0.2) is 19.6 Å². The van der Waals surface area contributed by atoms with Crippen molar-refractivity contribution in [2.45, 2.75) is 132 Å². The average Bonchev–Trinajstić information content (AvgIpc) is 3.70. The van der Waals surface area contributed by atoms with Gasteiger partial charge in [0, 0.05) is 46.8 Å². The van der Waals surface area contributed by atoms with Crippen LogP contribution in [0.5, 0.6) is 5.75 Å². The Hall–Kier alpha value is -5.57. The van der Waals surface area contributed by atoms with E-state index in [0.29, 0.717) is 44.9 Å². The molecule has 0 amide bonds. The van der Waals surface area contributed by atoms with Crippen molar-refractivity contribution in [1.29, 1.82) is 0 Å². The number of aromatic hydroxyl groups is 1. The van der Waals surface area contributed by atoms with Gasteiger partial charge in [0.05, 0.1) is 29.1 Å². The van der Waals surface area contributed by atoms with Gasteiger partial charge in [0.1, 0.15) is 11.6 Å². The molecular formula is C63H70N3OPt-. The molecule has 1 N–H and O–H groups in total. The first-order valence-corrected chi connectivity index (χ1v) is 23.4. The number of hydrogen-bond donors (Lipinski definition) is 1. The Morgan fingerprint density at radius 3 is 1.82 bits per heavy atom. The molecule has 0 unspecified atom stereocenters. The summed E-state index contributed by atoms with van der Waals surface area (Å²) in [5.41, 5.74) is 9.96. The maximum atomic E-state index is 12.6. The van der Waals surface area contributed by atoms with Crippen LogP contribution in [0.15, 0.2) is 133 Å². The third kappa shape index (κ3) is 10.5. The summed E-state index contributed by atoms with van der Waals surface area (Å²) in [4.78, 5) is 10.5. The number of para-hydroxylation sites is 1. The third-order valence-corrected chi connectivity index (χ3v) is 12.4. The predicted octanol–water partition coefficient (Wildman–Crippen LogP) is 17.0. The van der Waals surface area contributed by atoms with E-state index in [2.05, 4.69) is 107 Å². The number of benzene rings is 6. The summed E-state index contributed by atoms with van der Waals surface area (Å²) >= 11 is 0. The molecule has 8 aromatic rings. The first-order chi connectivity index (χ1) is 34.1. The average molecular weight is 1090 g/mol. The van der Waals surface area contributed by atoms with Gasteiger partial charge in [-0.15, -0.1) is 29.3 Å². The summed E-state index contributed by atoms with van der Waals surface area (Å²) in [5, 5.41) is 12.6. The minimum atomic E-state index is -1.52. The summed E-state index contributed by atoms with van der Waals surface area (Å²) in [7, 11) is 0. The Labute approximate surface area is 431 Å². The second-order valence-electron chi connectivity index (χ2n) is 23.2. The van der Waals surface area contributed by atoms with Gasteiger partial charge in [-0.3, -0.25) is 9.55 Å². The molecule has 2 aromatic heterocycles. The van der Waals surface area contributed by atoms with E-state index in [4.69, 9.17) is 16.8 Å². The molecule has 8 rings (SSSR count). The van der Waals surface area contributed by atoms with Gasteiger partial charge < -0.3 is 5.11 Å². The molecule has 6 aromatic carbocycles. The van der Waals surface area contributed by atoms with Gasteiger partial charge in [-0.25, -0.2) is 4.98 Å². The molecule has 0 spiro atoms. The Bertz CT molecular complexity index is 3480. The summed E-state index contributed by atoms with van der Waals surface area (Å²) in [6.07, 6.45) is 0.268. The Morgan fingerprint density at radius 2 is 1.21 bits per heavy atom. The van der Waals surface area contributed by atoms with Gasteiger partial charge in [0.25, 0.3) is 0 Å². The number of fused-ring (bicyclic) bond motifs is 1. The van der Waals surface area contributed by atoms with Crippen LogP contribution < -0.4 is 0 Å². The molecular weight excluding hydrogens is 1010 g/mol. The number of hydrogen-bond acceptors (Lipinski definition) is 3. The van der Waals surface area contributed by atoms with Crippen molar-refractivity contribution >= 4 is 11.0 Å². The Balaban J connectivity index is 0.00000820. The fourth-order valence-electron chi connectivity index (χ4n) is 8.56. The zero-order chi connectivity index (χ0) is 54.6. The van der Waals surface area contributed by atoms with Crippen LogP contribution in [0, 0.1) is 11.5 Å². The number of aromatic nitrogens is 3. The van der Waals surface area contributed by atoms with Crippen LogP contribution >= 0.6 is 0 Å². The number of phenols is 1. The van der Waals surface area contributed by atoms with E-state index in [1.54, 1.807) is 6.20 Å². The minimum Gasteiger partial charge on any atom is -0.507 e. The van der Waals surface area contributed by atoms with Crippen molar-refractivity contribution in [3.63, 3.8) is 0 Å². The Kier molecular flexibility index (Phi) is 11.2. The van der Waals surface area contributed by atoms with Crippen molar-refractivity contribution in [1.82, 2.24) is 14.5 Å². The zero-order valence-electron chi connectivity index (χ0n) is 49.4. The third-order valence-electron chi connectivity index (χ3n) is 12.4. The van der Waals surface area contributed by atoms with Gasteiger partial charge >= 0.3 is 0 Å². The van der Waals surface area contributed by atoms with Crippen LogP contribution in [0.4, 0.5) is 0 Å². The van der Waals surface area contributed by atoms with E-state index in [9.17, 15) is 7.85 Å². The van der Waals surface area contributed by atoms with Gasteiger partial charge in [0.2, 0.25) is 0 Å². The van der Waals surface area contributed by atoms with Gasteiger partial charge in [0.15, 0.2) is 0 Å². The first-order valence-electron chi connectivity index (χ1n) is 26.9. The van der Waals surface area contributed by atoms with Crippen LogP contribution in [0.1, 0.15) is 141 Å². The van der Waals surface area contributed by atoms with Gasteiger partial charge in [-0.2, -0.15) is 0 Å². The van der Waals surface area contributed by atoms with Crippen LogP contribution in [0.3, 0.4) is 0 Å². The van der Waals surface area contributed by atoms with Crippen molar-refractivity contribution in [2.75, 3.05) is 0 Å². The second kappa shape index (κ2) is 18.4. The maximum Gasteiger partial charge on any atom is 0.148 e. The molecule has 0 radical (unpaired) electrons. The molecule has 0 aliphatic rings. The first kappa shape index (κ1) is 41.4. The van der Waals surface area contributed by atoms with Gasteiger partial charge in [-0.05, 0) is 97.2 Å². The van der Waals surface area contributed by atoms with E-state index in [0.717, 1.165) is 50.1 Å². The second-order valence-corrected chi connectivity index (χ2v) is 23.2. The SMILES string of the molecule is [2H]c1c([2H])c([2H])c(-c2cc(C(C)(C)C)ccc2-n2c(-c3cc(C(C)(C)C)cc(C(C)(C)C)c3O)nc3c(-c4[c-]c(-c5cc(-c6ccc(C([2H])([2H])C(C)(C)C)cc6)ccn5)cc(C(C)(C)C)c4)cccc32)c([2H])c1[2H].[Pt]. The molecule has 5 heteroatoms. The molecule has 0 aliphatic heterocycles. The number of pyridine rings is 1. The van der Waals surface area contributed by atoms with Crippen molar-refractivity contribution in [2.24, 2.45) is 5.41 Å². The molecule has 0 saturated carbocycles. The van der Waals surface area contributed by atoms with Crippen LogP contribution in [0.2, 0.25) is 0 Å². The fourth-order valence-corrected chi connectivity index (χ4v) is 8.56. The molecule has 68 heavy (non-hydrogen) atoms. The van der Waals surface area contributed by atoms with E-state index in [1.165, 1.54) is 0 Å². The van der Waals surface area contributed by atoms with Crippen molar-refractivity contribution in [3.8, 4) is 67.5 Å².